The van der Waals surface area contributed by atoms with Crippen molar-refractivity contribution in [1.29, 1.82) is 0 Å². The minimum Gasteiger partial charge on any atom is -0.423 e. The minimum absolute atomic E-state index is 0.347. The maximum absolute atomic E-state index is 12.0. The largest absolute Gasteiger partial charge is 0.423 e. The molecule has 0 spiro atoms. The zero-order chi connectivity index (χ0) is 26.3. The third kappa shape index (κ3) is 9.85. The van der Waals surface area contributed by atoms with E-state index in [0.29, 0.717) is 11.5 Å². The molecule has 5 heteroatoms. The summed E-state index contributed by atoms with van der Waals surface area (Å²) in [6.45, 7) is 4.32. The molecule has 0 fully saturated rings. The number of carbonyl (C=O) groups excluding carboxylic acids is 2. The van der Waals surface area contributed by atoms with Crippen molar-refractivity contribution < 1.29 is 19.1 Å². The zero-order valence-electron chi connectivity index (χ0n) is 21.8. The lowest BCUT2D eigenvalue weighted by molar-refractivity contribution is -0.129. The van der Waals surface area contributed by atoms with Crippen molar-refractivity contribution in [2.75, 3.05) is 0 Å². The van der Waals surface area contributed by atoms with Gasteiger partial charge < -0.3 is 9.47 Å². The highest BCUT2D eigenvalue weighted by atomic mass is 32.1. The van der Waals surface area contributed by atoms with Crippen LogP contribution in [0.15, 0.2) is 85.0 Å². The van der Waals surface area contributed by atoms with Gasteiger partial charge in [-0.1, -0.05) is 51.7 Å². The van der Waals surface area contributed by atoms with Gasteiger partial charge in [-0.25, -0.2) is 9.59 Å². The molecule has 0 radical (unpaired) electrons. The molecule has 1 heterocycles. The van der Waals surface area contributed by atoms with Gasteiger partial charge in [-0.2, -0.15) is 0 Å². The van der Waals surface area contributed by atoms with Crippen LogP contribution in [0.4, 0.5) is 0 Å². The van der Waals surface area contributed by atoms with Gasteiger partial charge in [0.1, 0.15) is 11.5 Å². The molecule has 0 saturated heterocycles. The fourth-order valence-electron chi connectivity index (χ4n) is 3.71. The Hall–Kier alpha value is -3.44. The van der Waals surface area contributed by atoms with Gasteiger partial charge in [0.05, 0.1) is 0 Å². The molecule has 0 N–H and O–H groups in total. The molecule has 0 aliphatic heterocycles. The van der Waals surface area contributed by atoms with E-state index in [1.54, 1.807) is 11.3 Å². The van der Waals surface area contributed by atoms with Gasteiger partial charge in [-0.3, -0.25) is 0 Å². The highest BCUT2D eigenvalue weighted by Gasteiger charge is 2.08. The molecule has 0 aliphatic rings. The number of esters is 2. The van der Waals surface area contributed by atoms with E-state index in [2.05, 4.69) is 26.0 Å². The van der Waals surface area contributed by atoms with Crippen LogP contribution < -0.4 is 9.47 Å². The van der Waals surface area contributed by atoms with E-state index in [9.17, 15) is 9.59 Å². The molecule has 0 aliphatic carbocycles. The van der Waals surface area contributed by atoms with E-state index < -0.39 is 0 Å². The standard InChI is InChI=1S/C32H36O4S/c1-3-5-7-9-11-13-31(33)35-27-19-15-25(16-20-27)29-23-24-30(37-29)26-17-21-28(22-18-26)36-32(34)14-12-10-8-6-4-2/h11-24H,3-10H2,1-2H3/b13-11+,14-12+. The molecule has 4 nitrogen and oxygen atoms in total. The summed E-state index contributed by atoms with van der Waals surface area (Å²) in [5.41, 5.74) is 2.12. The Morgan fingerprint density at radius 1 is 0.622 bits per heavy atom. The number of benzene rings is 2. The number of carbonyl (C=O) groups is 2. The quantitative estimate of drug-likeness (QED) is 0.0927. The monoisotopic (exact) mass is 516 g/mol. The van der Waals surface area contributed by atoms with Crippen molar-refractivity contribution in [3.05, 3.63) is 85.0 Å². The third-order valence-corrected chi connectivity index (χ3v) is 6.96. The predicted molar refractivity (Wildman–Crippen MR) is 153 cm³/mol. The van der Waals surface area contributed by atoms with Gasteiger partial charge in [0.25, 0.3) is 0 Å². The van der Waals surface area contributed by atoms with Crippen LogP contribution in [-0.2, 0) is 9.59 Å². The van der Waals surface area contributed by atoms with Gasteiger partial charge >= 0.3 is 11.9 Å². The second kappa shape index (κ2) is 15.6. The average Bonchev–Trinajstić information content (AvgIpc) is 3.40. The summed E-state index contributed by atoms with van der Waals surface area (Å²) in [7, 11) is 0. The highest BCUT2D eigenvalue weighted by molar-refractivity contribution is 7.18. The van der Waals surface area contributed by atoms with Crippen molar-refractivity contribution in [2.45, 2.75) is 65.2 Å². The first-order valence-corrected chi connectivity index (χ1v) is 14.0. The Kier molecular flexibility index (Phi) is 11.9. The van der Waals surface area contributed by atoms with Crippen molar-refractivity contribution >= 4 is 23.3 Å². The van der Waals surface area contributed by atoms with Crippen molar-refractivity contribution in [2.24, 2.45) is 0 Å². The first-order chi connectivity index (χ1) is 18.1. The topological polar surface area (TPSA) is 52.6 Å². The van der Waals surface area contributed by atoms with Crippen LogP contribution in [0.3, 0.4) is 0 Å². The molecular formula is C32H36O4S. The van der Waals surface area contributed by atoms with Crippen LogP contribution in [-0.4, -0.2) is 11.9 Å². The Morgan fingerprint density at radius 3 is 1.41 bits per heavy atom. The van der Waals surface area contributed by atoms with Crippen LogP contribution >= 0.6 is 11.3 Å². The Labute approximate surface area is 224 Å². The van der Waals surface area contributed by atoms with Gasteiger partial charge in [0.2, 0.25) is 0 Å². The molecule has 2 aromatic carbocycles. The molecule has 0 bridgehead atoms. The number of hydrogen-bond donors (Lipinski definition) is 0. The van der Waals surface area contributed by atoms with Crippen molar-refractivity contribution in [1.82, 2.24) is 0 Å². The maximum atomic E-state index is 12.0. The Balaban J connectivity index is 1.52. The molecular weight excluding hydrogens is 480 g/mol. The predicted octanol–water partition coefficient (Wildman–Crippen LogP) is 9.17. The first-order valence-electron chi connectivity index (χ1n) is 13.2. The van der Waals surface area contributed by atoms with E-state index >= 15 is 0 Å². The van der Waals surface area contributed by atoms with Crippen molar-refractivity contribution in [3.8, 4) is 32.4 Å². The average molecular weight is 517 g/mol. The van der Waals surface area contributed by atoms with Gasteiger partial charge in [-0.05, 0) is 97.5 Å². The fraction of sp³-hybridized carbons (Fsp3) is 0.312. The summed E-state index contributed by atoms with van der Waals surface area (Å²) in [5.74, 6) is 0.369. The minimum atomic E-state index is -0.347. The fourth-order valence-corrected chi connectivity index (χ4v) is 4.72. The van der Waals surface area contributed by atoms with Crippen LogP contribution in [0.25, 0.3) is 20.9 Å². The zero-order valence-corrected chi connectivity index (χ0v) is 22.6. The number of unbranched alkanes of at least 4 members (excludes halogenated alkanes) is 6. The van der Waals surface area contributed by atoms with Crippen molar-refractivity contribution in [3.63, 3.8) is 0 Å². The number of allylic oxidation sites excluding steroid dienone is 2. The van der Waals surface area contributed by atoms with Gasteiger partial charge in [0, 0.05) is 21.9 Å². The molecule has 3 rings (SSSR count). The second-order valence-corrected chi connectivity index (χ2v) is 9.93. The summed E-state index contributed by atoms with van der Waals surface area (Å²) in [4.78, 5) is 26.2. The summed E-state index contributed by atoms with van der Waals surface area (Å²) >= 11 is 1.68. The molecule has 37 heavy (non-hydrogen) atoms. The number of ether oxygens (including phenoxy) is 2. The van der Waals surface area contributed by atoms with E-state index in [0.717, 1.165) is 59.4 Å². The Bertz CT molecular complexity index is 1080. The van der Waals surface area contributed by atoms with E-state index in [1.165, 1.54) is 25.0 Å². The third-order valence-electron chi connectivity index (χ3n) is 5.78. The lowest BCUT2D eigenvalue weighted by atomic mass is 10.1. The van der Waals surface area contributed by atoms with Gasteiger partial charge in [0.15, 0.2) is 0 Å². The van der Waals surface area contributed by atoms with Crippen LogP contribution in [0.5, 0.6) is 11.5 Å². The van der Waals surface area contributed by atoms with E-state index in [1.807, 2.05) is 60.7 Å². The lowest BCUT2D eigenvalue weighted by Gasteiger charge is -2.04. The van der Waals surface area contributed by atoms with Crippen LogP contribution in [0.1, 0.15) is 65.2 Å². The number of thiophene rings is 1. The van der Waals surface area contributed by atoms with Gasteiger partial charge in [-0.15, -0.1) is 11.3 Å². The normalized spacial score (nSPS) is 11.3. The first kappa shape index (κ1) is 28.1. The smallest absolute Gasteiger partial charge is 0.335 e. The van der Waals surface area contributed by atoms with Crippen LogP contribution in [0.2, 0.25) is 0 Å². The highest BCUT2D eigenvalue weighted by Crippen LogP contribution is 2.35. The molecule has 0 unspecified atom stereocenters. The molecule has 3 aromatic rings. The lowest BCUT2D eigenvalue weighted by Crippen LogP contribution is -2.03. The SMILES string of the molecule is CCCCC/C=C/C(=O)Oc1ccc(-c2ccc(-c3ccc(OC(=O)/C=C/CCCCC)cc3)s2)cc1. The summed E-state index contributed by atoms with van der Waals surface area (Å²) in [5, 5.41) is 0. The van der Waals surface area contributed by atoms with E-state index in [4.69, 9.17) is 9.47 Å². The van der Waals surface area contributed by atoms with Crippen LogP contribution in [0, 0.1) is 0 Å². The number of rotatable bonds is 14. The summed E-state index contributed by atoms with van der Waals surface area (Å²) < 4.78 is 10.8. The summed E-state index contributed by atoms with van der Waals surface area (Å²) in [6, 6.07) is 19.3. The summed E-state index contributed by atoms with van der Waals surface area (Å²) in [6.07, 6.45) is 15.4. The molecule has 0 saturated carbocycles. The molecule has 1 aromatic heterocycles. The second-order valence-electron chi connectivity index (χ2n) is 8.85. The van der Waals surface area contributed by atoms with E-state index in [-0.39, 0.29) is 11.9 Å². The molecule has 0 amide bonds. The maximum Gasteiger partial charge on any atom is 0.335 e. The molecule has 0 atom stereocenters. The number of hydrogen-bond acceptors (Lipinski definition) is 5. The molecule has 194 valence electrons. The Morgan fingerprint density at radius 2 is 1.03 bits per heavy atom.